The SMILES string of the molecule is CN(C)c1nccc(N2CCN(c3nnc(C(C)(C)C)s3)CC2)n1. The first-order valence-corrected chi connectivity index (χ1v) is 9.00. The molecule has 0 amide bonds. The maximum atomic E-state index is 4.63. The topological polar surface area (TPSA) is 61.3 Å². The van der Waals surface area contributed by atoms with Crippen molar-refractivity contribution >= 4 is 28.2 Å². The van der Waals surface area contributed by atoms with Crippen LogP contribution in [0.3, 0.4) is 0 Å². The lowest BCUT2D eigenvalue weighted by Crippen LogP contribution is -2.46. The molecule has 3 heterocycles. The van der Waals surface area contributed by atoms with Gasteiger partial charge in [0.05, 0.1) is 0 Å². The molecule has 2 aromatic heterocycles. The summed E-state index contributed by atoms with van der Waals surface area (Å²) in [4.78, 5) is 15.5. The van der Waals surface area contributed by atoms with E-state index in [0.717, 1.165) is 48.1 Å². The van der Waals surface area contributed by atoms with Gasteiger partial charge in [-0.2, -0.15) is 4.98 Å². The summed E-state index contributed by atoms with van der Waals surface area (Å²) in [5.41, 5.74) is 0.0568. The highest BCUT2D eigenvalue weighted by Crippen LogP contribution is 2.30. The maximum Gasteiger partial charge on any atom is 0.226 e. The first-order chi connectivity index (χ1) is 11.3. The molecule has 0 aromatic carbocycles. The summed E-state index contributed by atoms with van der Waals surface area (Å²) in [5.74, 6) is 1.73. The van der Waals surface area contributed by atoms with Gasteiger partial charge in [0.25, 0.3) is 0 Å². The molecule has 2 aromatic rings. The van der Waals surface area contributed by atoms with Crippen LogP contribution >= 0.6 is 11.3 Å². The largest absolute Gasteiger partial charge is 0.353 e. The number of anilines is 3. The number of nitrogens with zero attached hydrogens (tertiary/aromatic N) is 7. The third-order valence-corrected chi connectivity index (χ3v) is 5.37. The lowest BCUT2D eigenvalue weighted by Gasteiger charge is -2.35. The first kappa shape index (κ1) is 16.9. The predicted molar refractivity (Wildman–Crippen MR) is 99.4 cm³/mol. The van der Waals surface area contributed by atoms with E-state index in [0.29, 0.717) is 0 Å². The quantitative estimate of drug-likeness (QED) is 0.842. The van der Waals surface area contributed by atoms with E-state index in [1.807, 2.05) is 31.3 Å². The maximum absolute atomic E-state index is 4.63. The summed E-state index contributed by atoms with van der Waals surface area (Å²) in [6, 6.07) is 1.98. The van der Waals surface area contributed by atoms with Crippen LogP contribution < -0.4 is 14.7 Å². The first-order valence-electron chi connectivity index (χ1n) is 8.19. The zero-order chi connectivity index (χ0) is 17.3. The van der Waals surface area contributed by atoms with Gasteiger partial charge in [0.2, 0.25) is 11.1 Å². The second-order valence-electron chi connectivity index (χ2n) is 7.22. The molecule has 1 aliphatic heterocycles. The van der Waals surface area contributed by atoms with Crippen LogP contribution in [-0.4, -0.2) is 60.4 Å². The van der Waals surface area contributed by atoms with Crippen LogP contribution in [0.25, 0.3) is 0 Å². The molecule has 130 valence electrons. The van der Waals surface area contributed by atoms with E-state index in [1.54, 1.807) is 11.3 Å². The minimum atomic E-state index is 0.0568. The third-order valence-electron chi connectivity index (χ3n) is 3.96. The minimum Gasteiger partial charge on any atom is -0.353 e. The van der Waals surface area contributed by atoms with E-state index < -0.39 is 0 Å². The summed E-state index contributed by atoms with van der Waals surface area (Å²) in [5, 5.41) is 10.9. The summed E-state index contributed by atoms with van der Waals surface area (Å²) in [7, 11) is 3.92. The lowest BCUT2D eigenvalue weighted by atomic mass is 9.98. The molecule has 0 bridgehead atoms. The Hall–Kier alpha value is -1.96. The summed E-state index contributed by atoms with van der Waals surface area (Å²) in [6.45, 7) is 10.2. The molecule has 0 unspecified atom stereocenters. The van der Waals surface area contributed by atoms with Crippen LogP contribution in [-0.2, 0) is 5.41 Å². The summed E-state index contributed by atoms with van der Waals surface area (Å²) >= 11 is 1.70. The molecule has 0 aliphatic carbocycles. The Labute approximate surface area is 147 Å². The Bertz CT molecular complexity index is 684. The molecule has 1 fully saturated rings. The summed E-state index contributed by atoms with van der Waals surface area (Å²) in [6.07, 6.45) is 1.82. The molecular formula is C16H25N7S. The molecule has 0 spiro atoms. The Kier molecular flexibility index (Phi) is 4.58. The van der Waals surface area contributed by atoms with Crippen LogP contribution in [0.2, 0.25) is 0 Å². The van der Waals surface area contributed by atoms with Crippen molar-refractivity contribution in [3.05, 3.63) is 17.3 Å². The fourth-order valence-electron chi connectivity index (χ4n) is 2.50. The normalized spacial score (nSPS) is 15.7. The Morgan fingerprint density at radius 3 is 2.29 bits per heavy atom. The molecule has 0 atom stereocenters. The van der Waals surface area contributed by atoms with Crippen molar-refractivity contribution in [2.45, 2.75) is 26.2 Å². The Morgan fingerprint density at radius 2 is 1.71 bits per heavy atom. The molecule has 24 heavy (non-hydrogen) atoms. The Balaban J connectivity index is 1.65. The van der Waals surface area contributed by atoms with Crippen LogP contribution in [0.15, 0.2) is 12.3 Å². The molecule has 7 nitrogen and oxygen atoms in total. The van der Waals surface area contributed by atoms with Gasteiger partial charge in [-0.15, -0.1) is 10.2 Å². The average molecular weight is 347 g/mol. The lowest BCUT2D eigenvalue weighted by molar-refractivity contribution is 0.577. The van der Waals surface area contributed by atoms with Crippen molar-refractivity contribution in [2.24, 2.45) is 0 Å². The Morgan fingerprint density at radius 1 is 1.04 bits per heavy atom. The van der Waals surface area contributed by atoms with Crippen LogP contribution in [0.4, 0.5) is 16.9 Å². The number of hydrogen-bond acceptors (Lipinski definition) is 8. The molecule has 1 saturated heterocycles. The molecule has 1 aliphatic rings. The van der Waals surface area contributed by atoms with E-state index >= 15 is 0 Å². The van der Waals surface area contributed by atoms with Crippen molar-refractivity contribution < 1.29 is 0 Å². The molecule has 0 N–H and O–H groups in total. The third kappa shape index (κ3) is 3.58. The number of rotatable bonds is 3. The van der Waals surface area contributed by atoms with E-state index in [1.165, 1.54) is 0 Å². The van der Waals surface area contributed by atoms with Crippen LogP contribution in [0.1, 0.15) is 25.8 Å². The number of hydrogen-bond donors (Lipinski definition) is 0. The van der Waals surface area contributed by atoms with Gasteiger partial charge in [-0.05, 0) is 6.07 Å². The van der Waals surface area contributed by atoms with Gasteiger partial charge in [-0.3, -0.25) is 0 Å². The highest BCUT2D eigenvalue weighted by atomic mass is 32.1. The zero-order valence-corrected chi connectivity index (χ0v) is 15.8. The van der Waals surface area contributed by atoms with Crippen molar-refractivity contribution in [1.82, 2.24) is 20.2 Å². The van der Waals surface area contributed by atoms with Gasteiger partial charge in [-0.25, -0.2) is 4.98 Å². The summed E-state index contributed by atoms with van der Waals surface area (Å²) < 4.78 is 0. The van der Waals surface area contributed by atoms with E-state index in [2.05, 4.69) is 50.7 Å². The molecular weight excluding hydrogens is 322 g/mol. The standard InChI is InChI=1S/C16H25N7S/c1-16(2,3)13-19-20-15(24-13)23-10-8-22(9-11-23)12-6-7-17-14(18-12)21(4)5/h6-7H,8-11H2,1-5H3. The smallest absolute Gasteiger partial charge is 0.226 e. The number of piperazine rings is 1. The monoisotopic (exact) mass is 347 g/mol. The van der Waals surface area contributed by atoms with Gasteiger partial charge in [0.1, 0.15) is 10.8 Å². The molecule has 0 saturated carbocycles. The zero-order valence-electron chi connectivity index (χ0n) is 15.0. The van der Waals surface area contributed by atoms with E-state index in [4.69, 9.17) is 0 Å². The van der Waals surface area contributed by atoms with Crippen molar-refractivity contribution in [1.29, 1.82) is 0 Å². The molecule has 0 radical (unpaired) electrons. The van der Waals surface area contributed by atoms with Crippen molar-refractivity contribution in [2.75, 3.05) is 55.0 Å². The fraction of sp³-hybridized carbons (Fsp3) is 0.625. The highest BCUT2D eigenvalue weighted by Gasteiger charge is 2.24. The average Bonchev–Trinajstić information content (AvgIpc) is 3.05. The highest BCUT2D eigenvalue weighted by molar-refractivity contribution is 7.15. The van der Waals surface area contributed by atoms with Crippen LogP contribution in [0, 0.1) is 0 Å². The van der Waals surface area contributed by atoms with E-state index in [-0.39, 0.29) is 5.41 Å². The van der Waals surface area contributed by atoms with Gasteiger partial charge < -0.3 is 14.7 Å². The van der Waals surface area contributed by atoms with Gasteiger partial charge in [-0.1, -0.05) is 32.1 Å². The van der Waals surface area contributed by atoms with Crippen molar-refractivity contribution in [3.8, 4) is 0 Å². The fourth-order valence-corrected chi connectivity index (χ4v) is 3.46. The second-order valence-corrected chi connectivity index (χ2v) is 8.18. The van der Waals surface area contributed by atoms with E-state index in [9.17, 15) is 0 Å². The number of aromatic nitrogens is 4. The molecule has 8 heteroatoms. The van der Waals surface area contributed by atoms with Crippen LogP contribution in [0.5, 0.6) is 0 Å². The van der Waals surface area contributed by atoms with Crippen molar-refractivity contribution in [3.63, 3.8) is 0 Å². The molecule has 3 rings (SSSR count). The van der Waals surface area contributed by atoms with Gasteiger partial charge >= 0.3 is 0 Å². The minimum absolute atomic E-state index is 0.0568. The predicted octanol–water partition coefficient (Wildman–Crippen LogP) is 2.02. The second kappa shape index (κ2) is 6.51. The van der Waals surface area contributed by atoms with Gasteiger partial charge in [0.15, 0.2) is 0 Å². The van der Waals surface area contributed by atoms with Gasteiger partial charge in [0, 0.05) is 51.9 Å².